The summed E-state index contributed by atoms with van der Waals surface area (Å²) in [6, 6.07) is 7.03. The molecule has 0 bridgehead atoms. The van der Waals surface area contributed by atoms with Gasteiger partial charge >= 0.3 is 0 Å². The van der Waals surface area contributed by atoms with Crippen molar-refractivity contribution in [2.24, 2.45) is 5.73 Å². The van der Waals surface area contributed by atoms with Crippen LogP contribution in [0.2, 0.25) is 0 Å². The van der Waals surface area contributed by atoms with E-state index in [0.717, 1.165) is 18.4 Å². The molecule has 0 radical (unpaired) electrons. The summed E-state index contributed by atoms with van der Waals surface area (Å²) in [7, 11) is 1.69. The normalized spacial score (nSPS) is 14.4. The maximum absolute atomic E-state index is 12.8. The van der Waals surface area contributed by atoms with Crippen LogP contribution in [0.3, 0.4) is 0 Å². The van der Waals surface area contributed by atoms with Crippen molar-refractivity contribution in [1.29, 1.82) is 0 Å². The molecule has 0 aromatic heterocycles. The predicted molar refractivity (Wildman–Crippen MR) is 71.9 cm³/mol. The van der Waals surface area contributed by atoms with Crippen LogP contribution in [0.25, 0.3) is 0 Å². The van der Waals surface area contributed by atoms with Gasteiger partial charge in [0.2, 0.25) is 0 Å². The highest BCUT2D eigenvalue weighted by Crippen LogP contribution is 2.14. The van der Waals surface area contributed by atoms with E-state index < -0.39 is 0 Å². The van der Waals surface area contributed by atoms with Crippen molar-refractivity contribution < 1.29 is 9.13 Å². The highest BCUT2D eigenvalue weighted by atomic mass is 19.1. The Morgan fingerprint density at radius 3 is 2.56 bits per heavy atom. The van der Waals surface area contributed by atoms with E-state index in [4.69, 9.17) is 10.5 Å². The summed E-state index contributed by atoms with van der Waals surface area (Å²) in [4.78, 5) is 0. The molecular weight excluding hydrogens is 231 g/mol. The summed E-state index contributed by atoms with van der Waals surface area (Å²) in [5, 5.41) is 3.49. The van der Waals surface area contributed by atoms with E-state index in [1.54, 1.807) is 19.2 Å². The lowest BCUT2D eigenvalue weighted by atomic mass is 10.1. The Kier molecular flexibility index (Phi) is 6.86. The summed E-state index contributed by atoms with van der Waals surface area (Å²) in [5.41, 5.74) is 6.60. The molecule has 1 unspecified atom stereocenters. The summed E-state index contributed by atoms with van der Waals surface area (Å²) < 4.78 is 18.0. The first-order chi connectivity index (χ1) is 8.67. The molecule has 1 aromatic carbocycles. The van der Waals surface area contributed by atoms with Crippen LogP contribution in [-0.2, 0) is 4.74 Å². The number of nitrogens with two attached hydrogens (primary N) is 1. The van der Waals surface area contributed by atoms with E-state index in [2.05, 4.69) is 12.2 Å². The minimum Gasteiger partial charge on any atom is -0.383 e. The van der Waals surface area contributed by atoms with Gasteiger partial charge in [0.1, 0.15) is 5.82 Å². The lowest BCUT2D eigenvalue weighted by Crippen LogP contribution is -2.35. The van der Waals surface area contributed by atoms with Crippen molar-refractivity contribution >= 4 is 0 Å². The van der Waals surface area contributed by atoms with Crippen molar-refractivity contribution in [2.75, 3.05) is 20.3 Å². The fourth-order valence-electron chi connectivity index (χ4n) is 1.98. The zero-order valence-electron chi connectivity index (χ0n) is 11.2. The van der Waals surface area contributed by atoms with Gasteiger partial charge in [-0.1, -0.05) is 12.1 Å². The third-order valence-corrected chi connectivity index (χ3v) is 2.98. The smallest absolute Gasteiger partial charge is 0.123 e. The lowest BCUT2D eigenvalue weighted by molar-refractivity contribution is 0.156. The first-order valence-electron chi connectivity index (χ1n) is 6.38. The Bertz CT molecular complexity index is 329. The monoisotopic (exact) mass is 254 g/mol. The van der Waals surface area contributed by atoms with Gasteiger partial charge in [0, 0.05) is 19.2 Å². The van der Waals surface area contributed by atoms with Gasteiger partial charge in [0.05, 0.1) is 6.61 Å². The molecule has 102 valence electrons. The third-order valence-electron chi connectivity index (χ3n) is 2.98. The van der Waals surface area contributed by atoms with Crippen LogP contribution in [0.15, 0.2) is 24.3 Å². The molecule has 0 saturated carbocycles. The molecule has 0 saturated heterocycles. The molecule has 0 aliphatic heterocycles. The Labute approximate surface area is 109 Å². The van der Waals surface area contributed by atoms with Crippen LogP contribution < -0.4 is 11.1 Å². The average molecular weight is 254 g/mol. The summed E-state index contributed by atoms with van der Waals surface area (Å²) in [6.07, 6.45) is 1.95. The molecular formula is C14H23FN2O. The lowest BCUT2D eigenvalue weighted by Gasteiger charge is -2.23. The first-order valence-corrected chi connectivity index (χ1v) is 6.38. The largest absolute Gasteiger partial charge is 0.383 e. The van der Waals surface area contributed by atoms with Gasteiger partial charge in [0.15, 0.2) is 0 Å². The van der Waals surface area contributed by atoms with E-state index in [1.165, 1.54) is 12.1 Å². The van der Waals surface area contributed by atoms with Crippen molar-refractivity contribution in [1.82, 2.24) is 5.32 Å². The van der Waals surface area contributed by atoms with Gasteiger partial charge in [-0.3, -0.25) is 0 Å². The standard InChI is InChI=1S/C14H23FN2O/c1-11(12-5-7-13(15)8-6-12)17-14(10-18-2)4-3-9-16/h5-8,11,14,17H,3-4,9-10,16H2,1-2H3/t11-,14?/m0/s1. The van der Waals surface area contributed by atoms with Crippen LogP contribution in [0.1, 0.15) is 31.4 Å². The number of hydrogen-bond acceptors (Lipinski definition) is 3. The molecule has 4 heteroatoms. The highest BCUT2D eigenvalue weighted by molar-refractivity contribution is 5.19. The maximum Gasteiger partial charge on any atom is 0.123 e. The summed E-state index contributed by atoms with van der Waals surface area (Å²) in [6.45, 7) is 3.41. The Morgan fingerprint density at radius 2 is 2.00 bits per heavy atom. The average Bonchev–Trinajstić information content (AvgIpc) is 2.37. The quantitative estimate of drug-likeness (QED) is 0.748. The Morgan fingerprint density at radius 1 is 1.33 bits per heavy atom. The topological polar surface area (TPSA) is 47.3 Å². The Balaban J connectivity index is 2.53. The molecule has 18 heavy (non-hydrogen) atoms. The van der Waals surface area contributed by atoms with Crippen LogP contribution in [0, 0.1) is 5.82 Å². The molecule has 0 aliphatic carbocycles. The van der Waals surface area contributed by atoms with Crippen molar-refractivity contribution in [3.05, 3.63) is 35.6 Å². The summed E-state index contributed by atoms with van der Waals surface area (Å²) in [5.74, 6) is -0.206. The number of benzene rings is 1. The molecule has 1 aromatic rings. The molecule has 0 heterocycles. The zero-order valence-corrected chi connectivity index (χ0v) is 11.2. The third kappa shape index (κ3) is 5.12. The molecule has 3 N–H and O–H groups in total. The fraction of sp³-hybridized carbons (Fsp3) is 0.571. The molecule has 0 amide bonds. The van der Waals surface area contributed by atoms with E-state index >= 15 is 0 Å². The second-order valence-corrected chi connectivity index (χ2v) is 4.52. The van der Waals surface area contributed by atoms with Crippen LogP contribution in [0.4, 0.5) is 4.39 Å². The molecule has 2 atom stereocenters. The second kappa shape index (κ2) is 8.19. The van der Waals surface area contributed by atoms with Gasteiger partial charge in [-0.15, -0.1) is 0 Å². The second-order valence-electron chi connectivity index (χ2n) is 4.52. The molecule has 0 aliphatic rings. The SMILES string of the molecule is COCC(CCCN)N[C@@H](C)c1ccc(F)cc1. The molecule has 3 nitrogen and oxygen atoms in total. The predicted octanol–water partition coefficient (Wildman–Crippen LogP) is 2.23. The number of halogens is 1. The van der Waals surface area contributed by atoms with Gasteiger partial charge < -0.3 is 15.8 Å². The van der Waals surface area contributed by atoms with Crippen molar-refractivity contribution in [3.8, 4) is 0 Å². The van der Waals surface area contributed by atoms with Crippen LogP contribution >= 0.6 is 0 Å². The fourth-order valence-corrected chi connectivity index (χ4v) is 1.98. The number of rotatable bonds is 8. The van der Waals surface area contributed by atoms with E-state index in [0.29, 0.717) is 13.2 Å². The Hall–Kier alpha value is -0.970. The van der Waals surface area contributed by atoms with Gasteiger partial charge in [-0.2, -0.15) is 0 Å². The van der Waals surface area contributed by atoms with Crippen molar-refractivity contribution in [3.63, 3.8) is 0 Å². The van der Waals surface area contributed by atoms with Crippen LogP contribution in [0.5, 0.6) is 0 Å². The number of hydrogen-bond donors (Lipinski definition) is 2. The van der Waals surface area contributed by atoms with Gasteiger partial charge in [0.25, 0.3) is 0 Å². The van der Waals surface area contributed by atoms with Crippen LogP contribution in [-0.4, -0.2) is 26.3 Å². The number of nitrogens with one attached hydrogen (secondary N) is 1. The first kappa shape index (κ1) is 15.1. The van der Waals surface area contributed by atoms with E-state index in [1.807, 2.05) is 0 Å². The molecule has 1 rings (SSSR count). The highest BCUT2D eigenvalue weighted by Gasteiger charge is 2.12. The summed E-state index contributed by atoms with van der Waals surface area (Å²) >= 11 is 0. The number of ether oxygens (including phenoxy) is 1. The van der Waals surface area contributed by atoms with E-state index in [9.17, 15) is 4.39 Å². The number of methoxy groups -OCH3 is 1. The maximum atomic E-state index is 12.8. The minimum absolute atomic E-state index is 0.170. The molecule has 0 spiro atoms. The van der Waals surface area contributed by atoms with E-state index in [-0.39, 0.29) is 17.9 Å². The van der Waals surface area contributed by atoms with Gasteiger partial charge in [-0.05, 0) is 44.0 Å². The minimum atomic E-state index is -0.206. The molecule has 0 fully saturated rings. The van der Waals surface area contributed by atoms with Crippen molar-refractivity contribution in [2.45, 2.75) is 31.8 Å². The van der Waals surface area contributed by atoms with Gasteiger partial charge in [-0.25, -0.2) is 4.39 Å². The zero-order chi connectivity index (χ0) is 13.4.